The fourth-order valence-electron chi connectivity index (χ4n) is 2.65. The molecule has 1 aromatic rings. The number of nitrogens with two attached hydrogens (primary N) is 1. The van der Waals surface area contributed by atoms with Gasteiger partial charge in [0.15, 0.2) is 11.5 Å². The zero-order valence-corrected chi connectivity index (χ0v) is 14.0. The molecule has 6 nitrogen and oxygen atoms in total. The summed E-state index contributed by atoms with van der Waals surface area (Å²) in [7, 11) is -1.97. The summed E-state index contributed by atoms with van der Waals surface area (Å²) in [6.45, 7) is 1.25. The van der Waals surface area contributed by atoms with Gasteiger partial charge in [-0.2, -0.15) is 4.31 Å². The van der Waals surface area contributed by atoms with Gasteiger partial charge in [0.1, 0.15) is 13.2 Å². The molecular formula is C14H21ClN2O4S. The molecule has 1 aliphatic heterocycles. The second-order valence-electron chi connectivity index (χ2n) is 5.47. The molecule has 1 unspecified atom stereocenters. The van der Waals surface area contributed by atoms with Gasteiger partial charge in [0.05, 0.1) is 4.90 Å². The lowest BCUT2D eigenvalue weighted by Gasteiger charge is -2.27. The first-order valence-corrected chi connectivity index (χ1v) is 8.56. The number of likely N-dealkylation sites (N-methyl/N-ethyl adjacent to an activating group) is 1. The molecule has 0 aromatic heterocycles. The van der Waals surface area contributed by atoms with E-state index >= 15 is 0 Å². The van der Waals surface area contributed by atoms with E-state index in [1.807, 2.05) is 0 Å². The highest BCUT2D eigenvalue weighted by Gasteiger charge is 2.38. The first-order valence-electron chi connectivity index (χ1n) is 7.12. The van der Waals surface area contributed by atoms with E-state index in [-0.39, 0.29) is 23.3 Å². The number of hydrogen-bond donors (Lipinski definition) is 1. The first-order chi connectivity index (χ1) is 10.0. The van der Waals surface area contributed by atoms with Gasteiger partial charge < -0.3 is 15.2 Å². The molecule has 1 saturated carbocycles. The number of sulfonamides is 1. The maximum Gasteiger partial charge on any atom is 0.243 e. The molecule has 2 N–H and O–H groups in total. The van der Waals surface area contributed by atoms with Crippen molar-refractivity contribution in [1.29, 1.82) is 0 Å². The summed E-state index contributed by atoms with van der Waals surface area (Å²) in [5, 5.41) is 0. The predicted octanol–water partition coefficient (Wildman–Crippen LogP) is 1.24. The summed E-state index contributed by atoms with van der Waals surface area (Å²) in [4.78, 5) is 0.216. The Labute approximate surface area is 137 Å². The van der Waals surface area contributed by atoms with Gasteiger partial charge in [0.2, 0.25) is 10.0 Å². The molecule has 8 heteroatoms. The Balaban J connectivity index is 0.00000176. The van der Waals surface area contributed by atoms with E-state index < -0.39 is 10.0 Å². The van der Waals surface area contributed by atoms with Crippen LogP contribution >= 0.6 is 12.4 Å². The zero-order valence-electron chi connectivity index (χ0n) is 12.4. The van der Waals surface area contributed by atoms with Crippen LogP contribution in [0.5, 0.6) is 11.5 Å². The molecule has 0 bridgehead atoms. The quantitative estimate of drug-likeness (QED) is 0.865. The third-order valence-electron chi connectivity index (χ3n) is 4.07. The Kier molecular flexibility index (Phi) is 5.21. The number of hydrogen-bond acceptors (Lipinski definition) is 5. The summed E-state index contributed by atoms with van der Waals surface area (Å²) >= 11 is 0. The molecule has 124 valence electrons. The van der Waals surface area contributed by atoms with E-state index in [4.69, 9.17) is 15.2 Å². The van der Waals surface area contributed by atoms with E-state index in [0.717, 1.165) is 12.8 Å². The standard InChI is InChI=1S/C14H20N2O4S.ClH/c1-16(12(9-15)10-2-3-10)21(17,18)11-4-5-13-14(8-11)20-7-6-19-13;/h4-5,8,10,12H,2-3,6-7,9,15H2,1H3;1H. The minimum Gasteiger partial charge on any atom is -0.486 e. The summed E-state index contributed by atoms with van der Waals surface area (Å²) in [5.41, 5.74) is 5.75. The van der Waals surface area contributed by atoms with Crippen molar-refractivity contribution in [1.82, 2.24) is 4.31 Å². The molecule has 0 saturated heterocycles. The van der Waals surface area contributed by atoms with Gasteiger partial charge in [-0.1, -0.05) is 0 Å². The Hall–Kier alpha value is -1.02. The van der Waals surface area contributed by atoms with Crippen molar-refractivity contribution in [3.8, 4) is 11.5 Å². The first kappa shape index (κ1) is 17.3. The molecule has 0 spiro atoms. The van der Waals surface area contributed by atoms with Crippen LogP contribution in [-0.2, 0) is 10.0 Å². The number of nitrogens with zero attached hydrogens (tertiary/aromatic N) is 1. The third kappa shape index (κ3) is 3.17. The van der Waals surface area contributed by atoms with Crippen molar-refractivity contribution >= 4 is 22.4 Å². The minimum absolute atomic E-state index is 0. The van der Waals surface area contributed by atoms with Gasteiger partial charge in [-0.25, -0.2) is 8.42 Å². The molecule has 0 amide bonds. The lowest BCUT2D eigenvalue weighted by atomic mass is 10.2. The minimum atomic E-state index is -3.57. The van der Waals surface area contributed by atoms with Gasteiger partial charge in [-0.3, -0.25) is 0 Å². The van der Waals surface area contributed by atoms with E-state index in [0.29, 0.717) is 37.2 Å². The monoisotopic (exact) mass is 348 g/mol. The zero-order chi connectivity index (χ0) is 15.0. The third-order valence-corrected chi connectivity index (χ3v) is 5.94. The van der Waals surface area contributed by atoms with Gasteiger partial charge in [-0.05, 0) is 30.9 Å². The van der Waals surface area contributed by atoms with E-state index in [9.17, 15) is 8.42 Å². The Bertz CT molecular complexity index is 634. The van der Waals surface area contributed by atoms with Crippen LogP contribution < -0.4 is 15.2 Å². The van der Waals surface area contributed by atoms with Crippen LogP contribution in [0.1, 0.15) is 12.8 Å². The number of rotatable bonds is 5. The van der Waals surface area contributed by atoms with E-state index in [2.05, 4.69) is 0 Å². The topological polar surface area (TPSA) is 81.9 Å². The summed E-state index contributed by atoms with van der Waals surface area (Å²) in [6.07, 6.45) is 2.09. The Morgan fingerprint density at radius 2 is 1.91 bits per heavy atom. The van der Waals surface area contributed by atoms with Crippen LogP contribution in [0.4, 0.5) is 0 Å². The highest BCUT2D eigenvalue weighted by atomic mass is 35.5. The van der Waals surface area contributed by atoms with Crippen molar-refractivity contribution in [2.75, 3.05) is 26.8 Å². The Morgan fingerprint density at radius 3 is 2.50 bits per heavy atom. The fraction of sp³-hybridized carbons (Fsp3) is 0.571. The van der Waals surface area contributed by atoms with Crippen molar-refractivity contribution < 1.29 is 17.9 Å². The lowest BCUT2D eigenvalue weighted by molar-refractivity contribution is 0.171. The number of ether oxygens (including phenoxy) is 2. The maximum absolute atomic E-state index is 12.7. The van der Waals surface area contributed by atoms with Gasteiger partial charge in [-0.15, -0.1) is 12.4 Å². The van der Waals surface area contributed by atoms with Crippen LogP contribution in [0.25, 0.3) is 0 Å². The molecule has 3 rings (SSSR count). The van der Waals surface area contributed by atoms with Gasteiger partial charge in [0, 0.05) is 25.7 Å². The molecular weight excluding hydrogens is 328 g/mol. The van der Waals surface area contributed by atoms with Gasteiger partial charge in [0.25, 0.3) is 0 Å². The Morgan fingerprint density at radius 1 is 1.27 bits per heavy atom. The van der Waals surface area contributed by atoms with Crippen molar-refractivity contribution in [2.45, 2.75) is 23.8 Å². The summed E-state index contributed by atoms with van der Waals surface area (Å²) < 4.78 is 37.7. The summed E-state index contributed by atoms with van der Waals surface area (Å²) in [5.74, 6) is 1.44. The predicted molar refractivity (Wildman–Crippen MR) is 85.2 cm³/mol. The molecule has 2 aliphatic rings. The van der Waals surface area contributed by atoms with Crippen LogP contribution in [-0.4, -0.2) is 45.6 Å². The van der Waals surface area contributed by atoms with Crippen molar-refractivity contribution in [2.24, 2.45) is 11.7 Å². The smallest absolute Gasteiger partial charge is 0.243 e. The molecule has 0 radical (unpaired) electrons. The van der Waals surface area contributed by atoms with E-state index in [1.165, 1.54) is 10.4 Å². The van der Waals surface area contributed by atoms with Crippen LogP contribution in [0, 0.1) is 5.92 Å². The molecule has 1 aliphatic carbocycles. The SMILES string of the molecule is CN(C(CN)C1CC1)S(=O)(=O)c1ccc2c(c1)OCCO2.Cl. The molecule has 22 heavy (non-hydrogen) atoms. The fourth-order valence-corrected chi connectivity index (χ4v) is 4.09. The summed E-state index contributed by atoms with van der Waals surface area (Å²) in [6, 6.07) is 4.59. The van der Waals surface area contributed by atoms with Crippen molar-refractivity contribution in [3.05, 3.63) is 18.2 Å². The van der Waals surface area contributed by atoms with Crippen LogP contribution in [0.15, 0.2) is 23.1 Å². The number of halogens is 1. The van der Waals surface area contributed by atoms with Gasteiger partial charge >= 0.3 is 0 Å². The second-order valence-corrected chi connectivity index (χ2v) is 7.46. The molecule has 1 fully saturated rings. The maximum atomic E-state index is 12.7. The largest absolute Gasteiger partial charge is 0.486 e. The highest BCUT2D eigenvalue weighted by molar-refractivity contribution is 7.89. The normalized spacial score (nSPS) is 18.7. The number of benzene rings is 1. The van der Waals surface area contributed by atoms with E-state index in [1.54, 1.807) is 19.2 Å². The van der Waals surface area contributed by atoms with Crippen LogP contribution in [0.2, 0.25) is 0 Å². The molecule has 1 aromatic carbocycles. The van der Waals surface area contributed by atoms with Crippen molar-refractivity contribution in [3.63, 3.8) is 0 Å². The molecule has 1 atom stereocenters. The average molecular weight is 349 g/mol. The molecule has 1 heterocycles. The highest BCUT2D eigenvalue weighted by Crippen LogP contribution is 2.37. The van der Waals surface area contributed by atoms with Crippen LogP contribution in [0.3, 0.4) is 0 Å². The average Bonchev–Trinajstić information content (AvgIpc) is 3.32. The lowest BCUT2D eigenvalue weighted by Crippen LogP contribution is -2.43. The number of fused-ring (bicyclic) bond motifs is 1. The second kappa shape index (κ2) is 6.62.